The Labute approximate surface area is 86.5 Å². The Morgan fingerprint density at radius 2 is 2.27 bits per heavy atom. The summed E-state index contributed by atoms with van der Waals surface area (Å²) in [7, 11) is 0. The summed E-state index contributed by atoms with van der Waals surface area (Å²) >= 11 is 0. The number of hydrogen-bond donors (Lipinski definition) is 1. The zero-order valence-electron chi connectivity index (χ0n) is 8.21. The van der Waals surface area contributed by atoms with Gasteiger partial charge in [-0.2, -0.15) is 0 Å². The molecule has 0 amide bonds. The van der Waals surface area contributed by atoms with Gasteiger partial charge in [-0.15, -0.1) is 0 Å². The van der Waals surface area contributed by atoms with Crippen molar-refractivity contribution in [3.63, 3.8) is 0 Å². The molecule has 0 aromatic heterocycles. The first kappa shape index (κ1) is 11.3. The Morgan fingerprint density at radius 3 is 2.73 bits per heavy atom. The van der Waals surface area contributed by atoms with Gasteiger partial charge >= 0.3 is 0 Å². The Morgan fingerprint density at radius 1 is 1.60 bits per heavy atom. The minimum Gasteiger partial charge on any atom is -0.391 e. The van der Waals surface area contributed by atoms with Crippen LogP contribution in [-0.4, -0.2) is 16.3 Å². The summed E-state index contributed by atoms with van der Waals surface area (Å²) in [5.41, 5.74) is 0.769. The highest BCUT2D eigenvalue weighted by Crippen LogP contribution is 2.23. The van der Waals surface area contributed by atoms with Gasteiger partial charge in [-0.1, -0.05) is 13.0 Å². The molecule has 1 N–H and O–H groups in total. The second kappa shape index (κ2) is 4.65. The van der Waals surface area contributed by atoms with Crippen molar-refractivity contribution < 1.29 is 14.8 Å². The lowest BCUT2D eigenvalue weighted by Gasteiger charge is -2.06. The number of aldehydes is 1. The number of carbonyl (C=O) groups excluding carboxylic acids is 1. The average Bonchev–Trinajstić information content (AvgIpc) is 2.26. The van der Waals surface area contributed by atoms with Crippen molar-refractivity contribution in [3.05, 3.63) is 39.4 Å². The van der Waals surface area contributed by atoms with Gasteiger partial charge in [-0.25, -0.2) is 0 Å². The van der Waals surface area contributed by atoms with E-state index in [4.69, 9.17) is 5.11 Å². The fraction of sp³-hybridized carbons (Fsp3) is 0.300. The third-order valence-corrected chi connectivity index (χ3v) is 2.20. The molecule has 0 radical (unpaired) electrons. The smallest absolute Gasteiger partial charge is 0.274 e. The van der Waals surface area contributed by atoms with E-state index in [1.54, 1.807) is 6.92 Å². The fourth-order valence-corrected chi connectivity index (χ4v) is 1.27. The highest BCUT2D eigenvalue weighted by atomic mass is 16.6. The minimum absolute atomic E-state index is 0.126. The Balaban J connectivity index is 3.18. The molecule has 0 saturated heterocycles. The highest BCUT2D eigenvalue weighted by molar-refractivity contribution is 5.62. The largest absolute Gasteiger partial charge is 0.391 e. The summed E-state index contributed by atoms with van der Waals surface area (Å²) in [5, 5.41) is 19.5. The second-order valence-electron chi connectivity index (χ2n) is 3.23. The lowest BCUT2D eigenvalue weighted by molar-refractivity contribution is -0.385. The first-order valence-corrected chi connectivity index (χ1v) is 4.43. The van der Waals surface area contributed by atoms with Crippen LogP contribution in [0.5, 0.6) is 0 Å². The van der Waals surface area contributed by atoms with Crippen molar-refractivity contribution in [2.45, 2.75) is 19.4 Å². The number of aliphatic hydroxyl groups excluding tert-OH is 1. The molecule has 0 aliphatic rings. The minimum atomic E-state index is -0.555. The lowest BCUT2D eigenvalue weighted by atomic mass is 9.99. The Bertz CT molecular complexity index is 389. The zero-order valence-corrected chi connectivity index (χ0v) is 8.21. The van der Waals surface area contributed by atoms with Gasteiger partial charge in [0.25, 0.3) is 5.69 Å². The first-order valence-electron chi connectivity index (χ1n) is 4.43. The molecule has 0 saturated carbocycles. The summed E-state index contributed by atoms with van der Waals surface area (Å²) in [6, 6.07) is 4.31. The van der Waals surface area contributed by atoms with Crippen LogP contribution in [0.1, 0.15) is 24.0 Å². The summed E-state index contributed by atoms with van der Waals surface area (Å²) in [5.74, 6) is -0.323. The lowest BCUT2D eigenvalue weighted by Crippen LogP contribution is -2.00. The molecule has 5 heteroatoms. The monoisotopic (exact) mass is 209 g/mol. The van der Waals surface area contributed by atoms with E-state index in [0.717, 1.165) is 6.29 Å². The van der Waals surface area contributed by atoms with Crippen molar-refractivity contribution in [1.82, 2.24) is 0 Å². The molecule has 1 rings (SSSR count). The van der Waals surface area contributed by atoms with E-state index in [0.29, 0.717) is 5.56 Å². The normalized spacial score (nSPS) is 12.1. The van der Waals surface area contributed by atoms with E-state index in [1.807, 2.05) is 0 Å². The van der Waals surface area contributed by atoms with Crippen LogP contribution in [0.4, 0.5) is 5.69 Å². The van der Waals surface area contributed by atoms with E-state index in [9.17, 15) is 14.9 Å². The standard InChI is InChI=1S/C10H11NO4/c1-7(5-12)8-2-3-10(11(14)15)9(4-8)6-13/h2-5,7,13H,6H2,1H3. The molecule has 5 nitrogen and oxygen atoms in total. The molecule has 0 aliphatic heterocycles. The number of nitrogens with zero attached hydrogens (tertiary/aromatic N) is 1. The molecule has 0 aliphatic carbocycles. The van der Waals surface area contributed by atoms with Crippen molar-refractivity contribution in [3.8, 4) is 0 Å². The van der Waals surface area contributed by atoms with Gasteiger partial charge in [0, 0.05) is 12.0 Å². The fourth-order valence-electron chi connectivity index (χ4n) is 1.27. The van der Waals surface area contributed by atoms with Crippen molar-refractivity contribution >= 4 is 12.0 Å². The molecule has 1 aromatic rings. The zero-order chi connectivity index (χ0) is 11.4. The van der Waals surface area contributed by atoms with Crippen LogP contribution in [0.15, 0.2) is 18.2 Å². The molecule has 1 unspecified atom stereocenters. The second-order valence-corrected chi connectivity index (χ2v) is 3.23. The quantitative estimate of drug-likeness (QED) is 0.461. The number of aliphatic hydroxyl groups is 1. The molecule has 0 bridgehead atoms. The predicted octanol–water partition coefficient (Wildman–Crippen LogP) is 1.39. The van der Waals surface area contributed by atoms with Gasteiger partial charge in [0.2, 0.25) is 0 Å². The number of nitro groups is 1. The first-order chi connectivity index (χ1) is 7.10. The van der Waals surface area contributed by atoms with Gasteiger partial charge in [0.15, 0.2) is 0 Å². The number of rotatable bonds is 4. The molecule has 0 fully saturated rings. The van der Waals surface area contributed by atoms with E-state index >= 15 is 0 Å². The average molecular weight is 209 g/mol. The van der Waals surface area contributed by atoms with E-state index < -0.39 is 11.5 Å². The molecule has 1 aromatic carbocycles. The number of nitro benzene ring substituents is 1. The van der Waals surface area contributed by atoms with Gasteiger partial charge in [-0.05, 0) is 11.6 Å². The Kier molecular flexibility index (Phi) is 3.51. The number of hydrogen-bond acceptors (Lipinski definition) is 4. The van der Waals surface area contributed by atoms with Crippen molar-refractivity contribution in [2.24, 2.45) is 0 Å². The van der Waals surface area contributed by atoms with Crippen LogP contribution in [0.25, 0.3) is 0 Å². The topological polar surface area (TPSA) is 80.4 Å². The van der Waals surface area contributed by atoms with E-state index in [1.165, 1.54) is 18.2 Å². The predicted molar refractivity (Wildman–Crippen MR) is 53.5 cm³/mol. The molecule has 15 heavy (non-hydrogen) atoms. The summed E-state index contributed by atoms with van der Waals surface area (Å²) in [6.45, 7) is 1.28. The third kappa shape index (κ3) is 2.38. The molecule has 0 heterocycles. The van der Waals surface area contributed by atoms with Gasteiger partial charge < -0.3 is 9.90 Å². The number of carbonyl (C=O) groups is 1. The summed E-state index contributed by atoms with van der Waals surface area (Å²) < 4.78 is 0. The van der Waals surface area contributed by atoms with Crippen LogP contribution in [-0.2, 0) is 11.4 Å². The van der Waals surface area contributed by atoms with Crippen LogP contribution < -0.4 is 0 Å². The van der Waals surface area contributed by atoms with Crippen molar-refractivity contribution in [2.75, 3.05) is 0 Å². The van der Waals surface area contributed by atoms with E-state index in [-0.39, 0.29) is 17.2 Å². The maximum Gasteiger partial charge on any atom is 0.274 e. The van der Waals surface area contributed by atoms with Crippen LogP contribution in [0, 0.1) is 10.1 Å². The molecule has 0 spiro atoms. The highest BCUT2D eigenvalue weighted by Gasteiger charge is 2.15. The number of benzene rings is 1. The van der Waals surface area contributed by atoms with Gasteiger partial charge in [-0.3, -0.25) is 10.1 Å². The van der Waals surface area contributed by atoms with Gasteiger partial charge in [0.1, 0.15) is 6.29 Å². The van der Waals surface area contributed by atoms with E-state index in [2.05, 4.69) is 0 Å². The summed E-state index contributed by atoms with van der Waals surface area (Å²) in [6.07, 6.45) is 0.752. The maximum absolute atomic E-state index is 10.6. The van der Waals surface area contributed by atoms with Crippen LogP contribution >= 0.6 is 0 Å². The SMILES string of the molecule is CC(C=O)c1ccc([N+](=O)[O-])c(CO)c1. The Hall–Kier alpha value is -1.75. The molecule has 1 atom stereocenters. The maximum atomic E-state index is 10.6. The molecular formula is C10H11NO4. The molecule has 80 valence electrons. The summed E-state index contributed by atoms with van der Waals surface area (Å²) in [4.78, 5) is 20.5. The van der Waals surface area contributed by atoms with Gasteiger partial charge in [0.05, 0.1) is 17.1 Å². The van der Waals surface area contributed by atoms with Crippen LogP contribution in [0.3, 0.4) is 0 Å². The van der Waals surface area contributed by atoms with Crippen molar-refractivity contribution in [1.29, 1.82) is 0 Å². The van der Waals surface area contributed by atoms with Crippen LogP contribution in [0.2, 0.25) is 0 Å². The molecular weight excluding hydrogens is 198 g/mol. The third-order valence-electron chi connectivity index (χ3n) is 2.20.